The van der Waals surface area contributed by atoms with Crippen molar-refractivity contribution in [2.45, 2.75) is 52.3 Å². The van der Waals surface area contributed by atoms with Gasteiger partial charge in [0, 0.05) is 37.7 Å². The molecule has 0 spiro atoms. The fourth-order valence-electron chi connectivity index (χ4n) is 4.46. The first-order valence-corrected chi connectivity index (χ1v) is 11.9. The maximum Gasteiger partial charge on any atom is 0.391 e. The van der Waals surface area contributed by atoms with Gasteiger partial charge in [0.05, 0.1) is 17.6 Å². The highest BCUT2D eigenvalue weighted by atomic mass is 19.4. The molecule has 1 N–H and O–H groups in total. The van der Waals surface area contributed by atoms with E-state index in [-0.39, 0.29) is 35.1 Å². The van der Waals surface area contributed by atoms with E-state index in [4.69, 9.17) is 0 Å². The van der Waals surface area contributed by atoms with E-state index in [9.17, 15) is 27.6 Å². The quantitative estimate of drug-likeness (QED) is 0.528. The highest BCUT2D eigenvalue weighted by Crippen LogP contribution is 2.39. The fraction of sp³-hybridized carbons (Fsp3) is 0.480. The van der Waals surface area contributed by atoms with E-state index < -0.39 is 30.3 Å². The summed E-state index contributed by atoms with van der Waals surface area (Å²) in [6.07, 6.45) is -2.74. The normalized spacial score (nSPS) is 17.7. The van der Waals surface area contributed by atoms with E-state index in [2.05, 4.69) is 15.3 Å². The summed E-state index contributed by atoms with van der Waals surface area (Å²) in [5.74, 6) is -2.01. The summed E-state index contributed by atoms with van der Waals surface area (Å²) in [6.45, 7) is 6.08. The molecule has 0 saturated carbocycles. The average molecular weight is 504 g/mol. The minimum absolute atomic E-state index is 0.0597. The highest BCUT2D eigenvalue weighted by Gasteiger charge is 2.41. The fourth-order valence-corrected chi connectivity index (χ4v) is 4.46. The molecule has 1 fully saturated rings. The van der Waals surface area contributed by atoms with E-state index in [1.54, 1.807) is 12.1 Å². The smallest absolute Gasteiger partial charge is 0.366 e. The second kappa shape index (κ2) is 9.87. The summed E-state index contributed by atoms with van der Waals surface area (Å²) in [5, 5.41) is 2.72. The minimum atomic E-state index is -4.49. The van der Waals surface area contributed by atoms with E-state index in [1.165, 1.54) is 23.2 Å². The Kier molecular flexibility index (Phi) is 7.01. The number of nitrogens with one attached hydrogen (secondary N) is 1. The van der Waals surface area contributed by atoms with Crippen molar-refractivity contribution < 1.29 is 27.6 Å². The molecule has 2 aliphatic heterocycles. The van der Waals surface area contributed by atoms with Gasteiger partial charge in [-0.25, -0.2) is 14.8 Å². The first kappa shape index (κ1) is 25.6. The minimum Gasteiger partial charge on any atom is -0.366 e. The first-order chi connectivity index (χ1) is 16.9. The van der Waals surface area contributed by atoms with Crippen LogP contribution >= 0.6 is 0 Å². The molecular formula is C25H28F3N5O3. The van der Waals surface area contributed by atoms with Gasteiger partial charge in [0.1, 0.15) is 11.5 Å². The number of pyridine rings is 2. The number of urea groups is 1. The van der Waals surface area contributed by atoms with E-state index in [0.717, 1.165) is 6.92 Å². The zero-order valence-corrected chi connectivity index (χ0v) is 20.3. The third-order valence-corrected chi connectivity index (χ3v) is 6.42. The Hall–Kier alpha value is -3.50. The summed E-state index contributed by atoms with van der Waals surface area (Å²) < 4.78 is 38.9. The lowest BCUT2D eigenvalue weighted by atomic mass is 10.0. The summed E-state index contributed by atoms with van der Waals surface area (Å²) in [7, 11) is 0. The van der Waals surface area contributed by atoms with Crippen LogP contribution in [0.4, 0.5) is 35.3 Å². The summed E-state index contributed by atoms with van der Waals surface area (Å²) >= 11 is 0. The molecule has 11 heteroatoms. The van der Waals surface area contributed by atoms with E-state index >= 15 is 0 Å². The Morgan fingerprint density at radius 1 is 1.11 bits per heavy atom. The van der Waals surface area contributed by atoms with Crippen LogP contribution in [-0.2, 0) is 0 Å². The largest absolute Gasteiger partial charge is 0.391 e. The van der Waals surface area contributed by atoms with Gasteiger partial charge in [-0.15, -0.1) is 0 Å². The predicted octanol–water partition coefficient (Wildman–Crippen LogP) is 5.11. The summed E-state index contributed by atoms with van der Waals surface area (Å²) in [5.41, 5.74) is 0.947. The average Bonchev–Trinajstić information content (AvgIpc) is 3.22. The molecule has 2 amide bonds. The Labute approximate surface area is 206 Å². The molecule has 2 aliphatic rings. The Balaban J connectivity index is 1.59. The molecule has 192 valence electrons. The van der Waals surface area contributed by atoms with Crippen LogP contribution in [0.3, 0.4) is 0 Å². The molecule has 1 saturated heterocycles. The van der Waals surface area contributed by atoms with Crippen molar-refractivity contribution in [1.29, 1.82) is 0 Å². The number of amides is 2. The third-order valence-electron chi connectivity index (χ3n) is 6.42. The SMILES string of the molecule is CC(C)CC(=O)c1ccnc(NC(=O)N2c3nc(C(=O)C[C@H](C)C(F)(F)F)ccc3N3CC[C@H]2C3)c1. The lowest BCUT2D eigenvalue weighted by molar-refractivity contribution is -0.168. The number of fused-ring (bicyclic) bond motifs is 4. The van der Waals surface area contributed by atoms with Gasteiger partial charge in [0.2, 0.25) is 0 Å². The first-order valence-electron chi connectivity index (χ1n) is 11.9. The van der Waals surface area contributed by atoms with Crippen molar-refractivity contribution in [3.8, 4) is 0 Å². The monoisotopic (exact) mass is 503 g/mol. The van der Waals surface area contributed by atoms with Crippen molar-refractivity contribution in [2.24, 2.45) is 11.8 Å². The highest BCUT2D eigenvalue weighted by molar-refractivity contribution is 6.05. The molecule has 4 rings (SSSR count). The number of ketones is 2. The maximum absolute atomic E-state index is 13.4. The molecule has 0 aromatic carbocycles. The van der Waals surface area contributed by atoms with Gasteiger partial charge in [0.15, 0.2) is 17.4 Å². The van der Waals surface area contributed by atoms with Crippen LogP contribution in [0.2, 0.25) is 0 Å². The molecule has 2 aromatic heterocycles. The molecule has 8 nitrogen and oxygen atoms in total. The Morgan fingerprint density at radius 3 is 2.56 bits per heavy atom. The third kappa shape index (κ3) is 5.34. The van der Waals surface area contributed by atoms with Crippen LogP contribution in [0.25, 0.3) is 0 Å². The van der Waals surface area contributed by atoms with Gasteiger partial charge < -0.3 is 4.90 Å². The lowest BCUT2D eigenvalue weighted by Crippen LogP contribution is -2.48. The Bertz CT molecular complexity index is 1180. The van der Waals surface area contributed by atoms with Gasteiger partial charge in [0.25, 0.3) is 0 Å². The maximum atomic E-state index is 13.4. The Morgan fingerprint density at radius 2 is 1.86 bits per heavy atom. The van der Waals surface area contributed by atoms with Gasteiger partial charge in [-0.2, -0.15) is 13.2 Å². The van der Waals surface area contributed by atoms with Crippen molar-refractivity contribution in [3.63, 3.8) is 0 Å². The number of alkyl halides is 3. The molecule has 2 bridgehead atoms. The van der Waals surface area contributed by atoms with Crippen LogP contribution in [0, 0.1) is 11.8 Å². The van der Waals surface area contributed by atoms with Crippen LogP contribution in [0.1, 0.15) is 60.9 Å². The van der Waals surface area contributed by atoms with Crippen LogP contribution in [0.5, 0.6) is 0 Å². The second-order valence-electron chi connectivity index (χ2n) is 9.75. The number of aromatic nitrogens is 2. The van der Waals surface area contributed by atoms with Crippen molar-refractivity contribution in [1.82, 2.24) is 9.97 Å². The van der Waals surface area contributed by atoms with Crippen LogP contribution in [-0.4, -0.2) is 52.9 Å². The molecular weight excluding hydrogens is 475 g/mol. The second-order valence-corrected chi connectivity index (χ2v) is 9.75. The van der Waals surface area contributed by atoms with Crippen molar-refractivity contribution in [2.75, 3.05) is 28.2 Å². The summed E-state index contributed by atoms with van der Waals surface area (Å²) in [6, 6.07) is 5.37. The van der Waals surface area contributed by atoms with Crippen molar-refractivity contribution in [3.05, 3.63) is 41.7 Å². The number of carbonyl (C=O) groups is 3. The number of hydrogen-bond donors (Lipinski definition) is 1. The van der Waals surface area contributed by atoms with E-state index in [1.807, 2.05) is 18.7 Å². The van der Waals surface area contributed by atoms with Gasteiger partial charge in [-0.05, 0) is 36.6 Å². The lowest BCUT2D eigenvalue weighted by Gasteiger charge is -2.35. The number of halogens is 3. The molecule has 2 atom stereocenters. The number of rotatable bonds is 7. The number of Topliss-reactive ketones (excluding diaryl/α,β-unsaturated/α-hetero) is 2. The zero-order chi connectivity index (χ0) is 26.2. The van der Waals surface area contributed by atoms with E-state index in [0.29, 0.717) is 37.2 Å². The predicted molar refractivity (Wildman–Crippen MR) is 129 cm³/mol. The molecule has 0 unspecified atom stereocenters. The van der Waals surface area contributed by atoms with Gasteiger partial charge in [-0.3, -0.25) is 19.8 Å². The number of nitrogens with zero attached hydrogens (tertiary/aromatic N) is 4. The van der Waals surface area contributed by atoms with Crippen molar-refractivity contribution >= 4 is 34.9 Å². The summed E-state index contributed by atoms with van der Waals surface area (Å²) in [4.78, 5) is 50.3. The molecule has 36 heavy (non-hydrogen) atoms. The van der Waals surface area contributed by atoms with Crippen LogP contribution in [0.15, 0.2) is 30.5 Å². The standard InChI is InChI=1S/C25H28F3N5O3/c1-14(2)10-20(34)16-6-8-29-22(12-16)31-24(36)33-17-7-9-32(13-17)19-5-4-18(30-23(19)33)21(35)11-15(3)25(26,27)28/h4-6,8,12,14-15,17H,7,9-11,13H2,1-3H3,(H,29,31,36)/t15-,17-/m0/s1. The molecule has 2 aromatic rings. The topological polar surface area (TPSA) is 95.5 Å². The number of hydrogen-bond acceptors (Lipinski definition) is 6. The van der Waals surface area contributed by atoms with Gasteiger partial charge in [-0.1, -0.05) is 20.8 Å². The van der Waals surface area contributed by atoms with Gasteiger partial charge >= 0.3 is 12.2 Å². The molecule has 0 radical (unpaired) electrons. The molecule has 0 aliphatic carbocycles. The number of anilines is 3. The zero-order valence-electron chi connectivity index (χ0n) is 20.3. The number of carbonyl (C=O) groups excluding carboxylic acids is 3. The molecule has 4 heterocycles. The van der Waals surface area contributed by atoms with Crippen LogP contribution < -0.4 is 15.1 Å².